The molecule has 0 heterocycles. The molecule has 0 saturated carbocycles. The molecule has 1 amide bonds. The summed E-state index contributed by atoms with van der Waals surface area (Å²) in [6, 6.07) is 13.3. The number of rotatable bonds is 4. The summed E-state index contributed by atoms with van der Waals surface area (Å²) in [6.45, 7) is 4.04. The van der Waals surface area contributed by atoms with Crippen molar-refractivity contribution in [2.75, 3.05) is 5.32 Å². The van der Waals surface area contributed by atoms with Crippen molar-refractivity contribution in [3.8, 4) is 11.5 Å². The molecule has 0 spiro atoms. The number of nitrogens with one attached hydrogen (secondary N) is 1. The van der Waals surface area contributed by atoms with Crippen LogP contribution in [0.15, 0.2) is 42.5 Å². The fourth-order valence-electron chi connectivity index (χ4n) is 1.77. The third-order valence-corrected chi connectivity index (χ3v) is 2.65. The molecule has 0 unspecified atom stereocenters. The summed E-state index contributed by atoms with van der Waals surface area (Å²) in [6.07, 6.45) is 0.643. The van der Waals surface area contributed by atoms with E-state index in [1.165, 1.54) is 5.56 Å². The summed E-state index contributed by atoms with van der Waals surface area (Å²) < 4.78 is 5.83. The van der Waals surface area contributed by atoms with E-state index in [1.807, 2.05) is 44.2 Å². The number of ether oxygens (including phenoxy) is 1. The van der Waals surface area contributed by atoms with Crippen LogP contribution < -0.4 is 10.1 Å². The monoisotopic (exact) mass is 241 g/mol. The highest BCUT2D eigenvalue weighted by molar-refractivity contribution is 5.75. The van der Waals surface area contributed by atoms with Gasteiger partial charge >= 0.3 is 0 Å². The van der Waals surface area contributed by atoms with Gasteiger partial charge in [-0.1, -0.05) is 29.8 Å². The molecule has 1 N–H and O–H groups in total. The smallest absolute Gasteiger partial charge is 0.211 e. The van der Waals surface area contributed by atoms with E-state index < -0.39 is 0 Å². The van der Waals surface area contributed by atoms with Crippen molar-refractivity contribution in [2.45, 2.75) is 13.8 Å². The van der Waals surface area contributed by atoms with Gasteiger partial charge in [0.15, 0.2) is 5.75 Å². The fraction of sp³-hybridized carbons (Fsp3) is 0.133. The van der Waals surface area contributed by atoms with Crippen LogP contribution in [0.25, 0.3) is 0 Å². The van der Waals surface area contributed by atoms with E-state index in [0.717, 1.165) is 11.3 Å². The minimum Gasteiger partial charge on any atom is -0.455 e. The van der Waals surface area contributed by atoms with Gasteiger partial charge in [-0.15, -0.1) is 0 Å². The fourth-order valence-corrected chi connectivity index (χ4v) is 1.77. The number of amides is 1. The van der Waals surface area contributed by atoms with Crippen LogP contribution in [0.5, 0.6) is 11.5 Å². The minimum atomic E-state index is 0.636. The van der Waals surface area contributed by atoms with Gasteiger partial charge in [0, 0.05) is 0 Å². The molecule has 2 aromatic rings. The van der Waals surface area contributed by atoms with Crippen molar-refractivity contribution < 1.29 is 9.53 Å². The van der Waals surface area contributed by atoms with Crippen LogP contribution >= 0.6 is 0 Å². The molecule has 0 aliphatic rings. The van der Waals surface area contributed by atoms with Gasteiger partial charge in [0.1, 0.15) is 5.75 Å². The van der Waals surface area contributed by atoms with E-state index in [-0.39, 0.29) is 0 Å². The van der Waals surface area contributed by atoms with Crippen LogP contribution in [0, 0.1) is 13.8 Å². The van der Waals surface area contributed by atoms with Gasteiger partial charge in [0.2, 0.25) is 6.41 Å². The first-order valence-corrected chi connectivity index (χ1v) is 5.75. The number of anilines is 1. The van der Waals surface area contributed by atoms with E-state index in [0.29, 0.717) is 17.8 Å². The lowest BCUT2D eigenvalue weighted by Gasteiger charge is -2.12. The lowest BCUT2D eigenvalue weighted by molar-refractivity contribution is -0.105. The average Bonchev–Trinajstić information content (AvgIpc) is 2.35. The third kappa shape index (κ3) is 2.69. The number of hydrogen-bond acceptors (Lipinski definition) is 2. The molecule has 0 fully saturated rings. The number of hydrogen-bond donors (Lipinski definition) is 1. The van der Waals surface area contributed by atoms with Gasteiger partial charge in [-0.2, -0.15) is 0 Å². The van der Waals surface area contributed by atoms with Crippen molar-refractivity contribution in [3.05, 3.63) is 53.6 Å². The maximum absolute atomic E-state index is 10.5. The highest BCUT2D eigenvalue weighted by Crippen LogP contribution is 2.31. The molecule has 0 radical (unpaired) electrons. The van der Waals surface area contributed by atoms with Crippen LogP contribution in [0.2, 0.25) is 0 Å². The van der Waals surface area contributed by atoms with Gasteiger partial charge in [-0.3, -0.25) is 4.79 Å². The van der Waals surface area contributed by atoms with E-state index in [2.05, 4.69) is 11.4 Å². The van der Waals surface area contributed by atoms with E-state index in [4.69, 9.17) is 4.74 Å². The SMILES string of the molecule is Cc1ccc(Oc2ccccc2NC=O)c(C)c1. The average molecular weight is 241 g/mol. The zero-order valence-corrected chi connectivity index (χ0v) is 10.4. The van der Waals surface area contributed by atoms with E-state index >= 15 is 0 Å². The predicted molar refractivity (Wildman–Crippen MR) is 72.1 cm³/mol. The van der Waals surface area contributed by atoms with Crippen molar-refractivity contribution >= 4 is 12.1 Å². The summed E-state index contributed by atoms with van der Waals surface area (Å²) in [5, 5.41) is 2.62. The van der Waals surface area contributed by atoms with Crippen LogP contribution in [0.4, 0.5) is 5.69 Å². The molecule has 0 atom stereocenters. The Morgan fingerprint density at radius 2 is 1.83 bits per heavy atom. The maximum Gasteiger partial charge on any atom is 0.211 e. The van der Waals surface area contributed by atoms with Crippen LogP contribution in [-0.4, -0.2) is 6.41 Å². The standard InChI is InChI=1S/C15H15NO2/c1-11-7-8-14(12(2)9-11)18-15-6-4-3-5-13(15)16-10-17/h3-10H,1-2H3,(H,16,17). The summed E-state index contributed by atoms with van der Waals surface area (Å²) in [4.78, 5) is 10.5. The number of aryl methyl sites for hydroxylation is 2. The molecule has 3 heteroatoms. The number of para-hydroxylation sites is 2. The van der Waals surface area contributed by atoms with Gasteiger partial charge in [0.25, 0.3) is 0 Å². The molecule has 0 aliphatic carbocycles. The molecule has 3 nitrogen and oxygen atoms in total. The number of benzene rings is 2. The second kappa shape index (κ2) is 5.36. The highest BCUT2D eigenvalue weighted by Gasteiger charge is 2.05. The third-order valence-electron chi connectivity index (χ3n) is 2.65. The van der Waals surface area contributed by atoms with Gasteiger partial charge < -0.3 is 10.1 Å². The van der Waals surface area contributed by atoms with Gasteiger partial charge in [-0.25, -0.2) is 0 Å². The van der Waals surface area contributed by atoms with Crippen molar-refractivity contribution in [2.24, 2.45) is 0 Å². The lowest BCUT2D eigenvalue weighted by Crippen LogP contribution is -1.97. The van der Waals surface area contributed by atoms with Crippen LogP contribution in [0.1, 0.15) is 11.1 Å². The topological polar surface area (TPSA) is 38.3 Å². The second-order valence-corrected chi connectivity index (χ2v) is 4.13. The lowest BCUT2D eigenvalue weighted by atomic mass is 10.1. The Bertz CT molecular complexity index is 564. The highest BCUT2D eigenvalue weighted by atomic mass is 16.5. The predicted octanol–water partition coefficient (Wildman–Crippen LogP) is 3.66. The first-order chi connectivity index (χ1) is 8.70. The summed E-state index contributed by atoms with van der Waals surface area (Å²) >= 11 is 0. The van der Waals surface area contributed by atoms with Gasteiger partial charge in [0.05, 0.1) is 5.69 Å². The quantitative estimate of drug-likeness (QED) is 0.829. The zero-order valence-electron chi connectivity index (χ0n) is 10.4. The Balaban J connectivity index is 2.30. The van der Waals surface area contributed by atoms with E-state index in [9.17, 15) is 4.79 Å². The number of carbonyl (C=O) groups excluding carboxylic acids is 1. The van der Waals surface area contributed by atoms with Crippen molar-refractivity contribution in [1.82, 2.24) is 0 Å². The Labute approximate surface area is 106 Å². The molecule has 0 aromatic heterocycles. The Kier molecular flexibility index (Phi) is 3.63. The normalized spacial score (nSPS) is 9.89. The molecule has 92 valence electrons. The van der Waals surface area contributed by atoms with Crippen molar-refractivity contribution in [1.29, 1.82) is 0 Å². The molecular formula is C15H15NO2. The molecule has 2 rings (SSSR count). The zero-order chi connectivity index (χ0) is 13.0. The van der Waals surface area contributed by atoms with Crippen LogP contribution in [0.3, 0.4) is 0 Å². The molecular weight excluding hydrogens is 226 g/mol. The summed E-state index contributed by atoms with van der Waals surface area (Å²) in [5.41, 5.74) is 2.92. The maximum atomic E-state index is 10.5. The summed E-state index contributed by atoms with van der Waals surface area (Å²) in [5.74, 6) is 1.43. The Hall–Kier alpha value is -2.29. The molecule has 0 aliphatic heterocycles. The van der Waals surface area contributed by atoms with E-state index in [1.54, 1.807) is 6.07 Å². The molecule has 2 aromatic carbocycles. The Morgan fingerprint density at radius 3 is 2.56 bits per heavy atom. The first kappa shape index (κ1) is 12.2. The summed E-state index contributed by atoms with van der Waals surface area (Å²) in [7, 11) is 0. The molecule has 0 saturated heterocycles. The van der Waals surface area contributed by atoms with Crippen molar-refractivity contribution in [3.63, 3.8) is 0 Å². The largest absolute Gasteiger partial charge is 0.455 e. The van der Waals surface area contributed by atoms with Gasteiger partial charge in [-0.05, 0) is 37.6 Å². The minimum absolute atomic E-state index is 0.636. The molecule has 0 bridgehead atoms. The first-order valence-electron chi connectivity index (χ1n) is 5.75. The Morgan fingerprint density at radius 1 is 1.06 bits per heavy atom. The second-order valence-electron chi connectivity index (χ2n) is 4.13. The number of carbonyl (C=O) groups is 1. The molecule has 18 heavy (non-hydrogen) atoms. The van der Waals surface area contributed by atoms with Crippen LogP contribution in [-0.2, 0) is 4.79 Å².